The lowest BCUT2D eigenvalue weighted by Crippen LogP contribution is -2.32. The maximum atomic E-state index is 6.27. The van der Waals surface area contributed by atoms with Crippen LogP contribution in [0.25, 0.3) is 0 Å². The molecule has 21 heavy (non-hydrogen) atoms. The lowest BCUT2D eigenvalue weighted by Gasteiger charge is -2.38. The van der Waals surface area contributed by atoms with Gasteiger partial charge in [0.2, 0.25) is 0 Å². The molecule has 4 heteroatoms. The van der Waals surface area contributed by atoms with E-state index < -0.39 is 0 Å². The number of ether oxygens (including phenoxy) is 1. The molecule has 3 nitrogen and oxygen atoms in total. The fraction of sp³-hybridized carbons (Fsp3) is 0.824. The highest BCUT2D eigenvalue weighted by molar-refractivity contribution is 9.10. The molecule has 1 aliphatic carbocycles. The van der Waals surface area contributed by atoms with Gasteiger partial charge < -0.3 is 4.74 Å². The first kappa shape index (κ1) is 17.0. The molecule has 1 fully saturated rings. The van der Waals surface area contributed by atoms with E-state index in [9.17, 15) is 0 Å². The maximum absolute atomic E-state index is 6.27. The van der Waals surface area contributed by atoms with Crippen LogP contribution in [-0.4, -0.2) is 15.9 Å². The molecule has 0 bridgehead atoms. The molecular weight excluding hydrogens is 328 g/mol. The second-order valence-electron chi connectivity index (χ2n) is 7.22. The van der Waals surface area contributed by atoms with Crippen molar-refractivity contribution in [2.24, 2.45) is 11.3 Å². The molecule has 0 spiro atoms. The molecule has 0 radical (unpaired) electrons. The summed E-state index contributed by atoms with van der Waals surface area (Å²) in [7, 11) is 0. The fourth-order valence-electron chi connectivity index (χ4n) is 3.74. The van der Waals surface area contributed by atoms with Gasteiger partial charge >= 0.3 is 0 Å². The summed E-state index contributed by atoms with van der Waals surface area (Å²) in [6.45, 7) is 12.9. The Morgan fingerprint density at radius 2 is 2.05 bits per heavy atom. The molecule has 120 valence electrons. The molecule has 1 saturated carbocycles. The van der Waals surface area contributed by atoms with Gasteiger partial charge in [-0.05, 0) is 59.9 Å². The summed E-state index contributed by atoms with van der Waals surface area (Å²) in [6.07, 6.45) is 4.98. The van der Waals surface area contributed by atoms with Gasteiger partial charge in [-0.3, -0.25) is 4.68 Å². The van der Waals surface area contributed by atoms with Gasteiger partial charge in [0, 0.05) is 6.54 Å². The van der Waals surface area contributed by atoms with E-state index in [0.717, 1.165) is 35.5 Å². The van der Waals surface area contributed by atoms with Gasteiger partial charge in [0.1, 0.15) is 0 Å². The molecule has 0 aromatic carbocycles. The number of rotatable bonds is 5. The van der Waals surface area contributed by atoms with Crippen molar-refractivity contribution in [1.29, 1.82) is 0 Å². The van der Waals surface area contributed by atoms with Gasteiger partial charge in [-0.25, -0.2) is 0 Å². The number of hydrogen-bond donors (Lipinski definition) is 0. The lowest BCUT2D eigenvalue weighted by molar-refractivity contribution is -0.0339. The summed E-state index contributed by atoms with van der Waals surface area (Å²) in [4.78, 5) is 0. The van der Waals surface area contributed by atoms with E-state index in [4.69, 9.17) is 4.74 Å². The Morgan fingerprint density at radius 1 is 1.33 bits per heavy atom. The van der Waals surface area contributed by atoms with Crippen molar-refractivity contribution in [1.82, 2.24) is 9.78 Å². The van der Waals surface area contributed by atoms with Crippen molar-refractivity contribution in [3.05, 3.63) is 15.9 Å². The normalized spacial score (nSPS) is 25.2. The van der Waals surface area contributed by atoms with E-state index >= 15 is 0 Å². The van der Waals surface area contributed by atoms with E-state index in [1.165, 1.54) is 18.5 Å². The van der Waals surface area contributed by atoms with Gasteiger partial charge in [0.05, 0.1) is 28.6 Å². The highest BCUT2D eigenvalue weighted by Crippen LogP contribution is 2.40. The molecule has 0 saturated heterocycles. The monoisotopic (exact) mass is 356 g/mol. The Balaban J connectivity index is 2.04. The third kappa shape index (κ3) is 4.10. The first-order valence-corrected chi connectivity index (χ1v) is 9.01. The first-order valence-electron chi connectivity index (χ1n) is 8.22. The van der Waals surface area contributed by atoms with Crippen molar-refractivity contribution in [3.8, 4) is 0 Å². The quantitative estimate of drug-likeness (QED) is 0.745. The Hall–Kier alpha value is -0.350. The molecule has 1 aromatic heterocycles. The molecule has 2 atom stereocenters. The predicted molar refractivity (Wildman–Crippen MR) is 90.4 cm³/mol. The van der Waals surface area contributed by atoms with E-state index in [0.29, 0.717) is 18.1 Å². The van der Waals surface area contributed by atoms with Crippen LogP contribution in [0.3, 0.4) is 0 Å². The molecule has 2 unspecified atom stereocenters. The highest BCUT2D eigenvalue weighted by atomic mass is 79.9. The Bertz CT molecular complexity index is 481. The minimum atomic E-state index is 0.376. The summed E-state index contributed by atoms with van der Waals surface area (Å²) in [6, 6.07) is 0. The molecule has 0 aliphatic heterocycles. The summed E-state index contributed by atoms with van der Waals surface area (Å²) in [5, 5.41) is 4.64. The topological polar surface area (TPSA) is 27.1 Å². The fourth-order valence-corrected chi connectivity index (χ4v) is 4.42. The molecule has 1 aliphatic rings. The third-order valence-electron chi connectivity index (χ3n) is 4.50. The number of halogens is 1. The zero-order chi connectivity index (χ0) is 15.6. The Morgan fingerprint density at radius 3 is 2.62 bits per heavy atom. The Kier molecular flexibility index (Phi) is 5.53. The van der Waals surface area contributed by atoms with Crippen LogP contribution in [0.15, 0.2) is 4.47 Å². The third-order valence-corrected chi connectivity index (χ3v) is 5.41. The van der Waals surface area contributed by atoms with Crippen LogP contribution >= 0.6 is 15.9 Å². The van der Waals surface area contributed by atoms with Gasteiger partial charge in [0.15, 0.2) is 0 Å². The highest BCUT2D eigenvalue weighted by Gasteiger charge is 2.32. The van der Waals surface area contributed by atoms with Crippen molar-refractivity contribution < 1.29 is 4.74 Å². The molecule has 0 amide bonds. The summed E-state index contributed by atoms with van der Waals surface area (Å²) < 4.78 is 9.47. The summed E-state index contributed by atoms with van der Waals surface area (Å²) in [5.41, 5.74) is 2.72. The van der Waals surface area contributed by atoms with Crippen molar-refractivity contribution in [2.75, 3.05) is 0 Å². The molecule has 2 rings (SSSR count). The number of nitrogens with zero attached hydrogens (tertiary/aromatic N) is 2. The van der Waals surface area contributed by atoms with E-state index in [1.807, 2.05) is 0 Å². The van der Waals surface area contributed by atoms with Crippen LogP contribution in [0.5, 0.6) is 0 Å². The smallest absolute Gasteiger partial charge is 0.0900 e. The molecule has 1 aromatic rings. The second kappa shape index (κ2) is 6.82. The van der Waals surface area contributed by atoms with Gasteiger partial charge in [-0.1, -0.05) is 27.7 Å². The van der Waals surface area contributed by atoms with E-state index in [2.05, 4.69) is 60.3 Å². The van der Waals surface area contributed by atoms with Gasteiger partial charge in [0.25, 0.3) is 0 Å². The zero-order valence-corrected chi connectivity index (χ0v) is 15.7. The van der Waals surface area contributed by atoms with Gasteiger partial charge in [-0.2, -0.15) is 5.10 Å². The Labute approximate surface area is 137 Å². The van der Waals surface area contributed by atoms with Crippen LogP contribution < -0.4 is 0 Å². The van der Waals surface area contributed by atoms with E-state index in [-0.39, 0.29) is 0 Å². The lowest BCUT2D eigenvalue weighted by atomic mass is 9.71. The summed E-state index contributed by atoms with van der Waals surface area (Å²) >= 11 is 3.70. The van der Waals surface area contributed by atoms with Crippen LogP contribution in [0.4, 0.5) is 0 Å². The number of aryl methyl sites for hydroxylation is 2. The average Bonchev–Trinajstić information content (AvgIpc) is 2.70. The standard InChI is InChI=1S/C17H29BrN2O/c1-6-14-16(18)15(20(7-2)19-14)11-21-13-8-12(3)9-17(4,5)10-13/h12-13H,6-11H2,1-5H3. The minimum Gasteiger partial charge on any atom is -0.372 e. The maximum Gasteiger partial charge on any atom is 0.0900 e. The SMILES string of the molecule is CCc1nn(CC)c(COC2CC(C)CC(C)(C)C2)c1Br. The zero-order valence-electron chi connectivity index (χ0n) is 14.1. The van der Waals surface area contributed by atoms with Crippen LogP contribution in [-0.2, 0) is 24.3 Å². The van der Waals surface area contributed by atoms with Crippen LogP contribution in [0, 0.1) is 11.3 Å². The van der Waals surface area contributed by atoms with Crippen LogP contribution in [0.2, 0.25) is 0 Å². The van der Waals surface area contributed by atoms with Crippen molar-refractivity contribution in [2.45, 2.75) is 79.6 Å². The molecule has 1 heterocycles. The average molecular weight is 357 g/mol. The minimum absolute atomic E-state index is 0.376. The predicted octanol–water partition coefficient (Wildman–Crippen LogP) is 4.96. The molecule has 0 N–H and O–H groups in total. The largest absolute Gasteiger partial charge is 0.372 e. The number of hydrogen-bond acceptors (Lipinski definition) is 2. The first-order chi connectivity index (χ1) is 9.86. The van der Waals surface area contributed by atoms with Crippen molar-refractivity contribution in [3.63, 3.8) is 0 Å². The van der Waals surface area contributed by atoms with Crippen LogP contribution in [0.1, 0.15) is 65.3 Å². The van der Waals surface area contributed by atoms with E-state index in [1.54, 1.807) is 0 Å². The van der Waals surface area contributed by atoms with Crippen molar-refractivity contribution >= 4 is 15.9 Å². The molecular formula is C17H29BrN2O. The summed E-state index contributed by atoms with van der Waals surface area (Å²) in [5.74, 6) is 0.754. The second-order valence-corrected chi connectivity index (χ2v) is 8.02. The number of aromatic nitrogens is 2. The van der Waals surface area contributed by atoms with Gasteiger partial charge in [-0.15, -0.1) is 0 Å².